The first-order valence-corrected chi connectivity index (χ1v) is 10.8. The second kappa shape index (κ2) is 7.72. The number of halogens is 2. The molecule has 24 heavy (non-hydrogen) atoms. The highest BCUT2D eigenvalue weighted by atomic mass is 35.5. The Morgan fingerprint density at radius 1 is 1.17 bits per heavy atom. The summed E-state index contributed by atoms with van der Waals surface area (Å²) in [5.41, 5.74) is 0. The largest absolute Gasteiger partial charge is 0.294 e. The molecule has 0 bridgehead atoms. The predicted molar refractivity (Wildman–Crippen MR) is 99.5 cm³/mol. The lowest BCUT2D eigenvalue weighted by atomic mass is 10.2. The second-order valence-corrected chi connectivity index (χ2v) is 9.35. The molecule has 1 aromatic carbocycles. The molecule has 1 aromatic heterocycles. The highest BCUT2D eigenvalue weighted by Crippen LogP contribution is 2.29. The zero-order chi connectivity index (χ0) is 17.2. The van der Waals surface area contributed by atoms with Crippen LogP contribution in [0.2, 0.25) is 10.0 Å². The molecule has 1 aliphatic heterocycles. The van der Waals surface area contributed by atoms with Gasteiger partial charge >= 0.3 is 0 Å². The quantitative estimate of drug-likeness (QED) is 0.785. The third-order valence-electron chi connectivity index (χ3n) is 4.07. The monoisotopic (exact) mass is 404 g/mol. The summed E-state index contributed by atoms with van der Waals surface area (Å²) in [4.78, 5) is 3.59. The molecule has 1 atom stereocenters. The average Bonchev–Trinajstić information content (AvgIpc) is 3.20. The SMILES string of the molecule is O=S(=O)(NCC(c1cccs1)N1CCCC1)c1cc(Cl)cc(Cl)c1. The standard InChI is InChI=1S/C16H18Cl2N2O2S2/c17-12-8-13(18)10-14(9-12)24(21,22)19-11-15(16-4-3-7-23-16)20-5-1-2-6-20/h3-4,7-10,15,19H,1-2,5-6,11H2. The molecular weight excluding hydrogens is 387 g/mol. The molecule has 1 aliphatic rings. The topological polar surface area (TPSA) is 49.4 Å². The molecule has 1 saturated heterocycles. The average molecular weight is 405 g/mol. The Balaban J connectivity index is 1.78. The van der Waals surface area contributed by atoms with Gasteiger partial charge in [0.1, 0.15) is 0 Å². The van der Waals surface area contributed by atoms with Gasteiger partial charge in [0.2, 0.25) is 10.0 Å². The van der Waals surface area contributed by atoms with Crippen molar-refractivity contribution in [3.05, 3.63) is 50.6 Å². The van der Waals surface area contributed by atoms with E-state index >= 15 is 0 Å². The lowest BCUT2D eigenvalue weighted by molar-refractivity contribution is 0.250. The highest BCUT2D eigenvalue weighted by molar-refractivity contribution is 7.89. The van der Waals surface area contributed by atoms with Gasteiger partial charge in [0.25, 0.3) is 0 Å². The summed E-state index contributed by atoms with van der Waals surface area (Å²) in [6.45, 7) is 2.31. The molecule has 1 N–H and O–H groups in total. The Labute approximate surface area is 156 Å². The van der Waals surface area contributed by atoms with Crippen LogP contribution in [-0.2, 0) is 10.0 Å². The van der Waals surface area contributed by atoms with Gasteiger partial charge in [-0.3, -0.25) is 4.90 Å². The fourth-order valence-corrected chi connectivity index (χ4v) is 5.52. The van der Waals surface area contributed by atoms with Crippen molar-refractivity contribution in [3.8, 4) is 0 Å². The van der Waals surface area contributed by atoms with Crippen LogP contribution in [0.25, 0.3) is 0 Å². The maximum atomic E-state index is 12.6. The first-order chi connectivity index (χ1) is 11.5. The molecule has 0 saturated carbocycles. The van der Waals surface area contributed by atoms with Crippen LogP contribution in [0.5, 0.6) is 0 Å². The molecule has 1 fully saturated rings. The van der Waals surface area contributed by atoms with E-state index in [2.05, 4.69) is 15.7 Å². The first kappa shape index (κ1) is 18.2. The summed E-state index contributed by atoms with van der Waals surface area (Å²) in [5.74, 6) is 0. The molecule has 0 aliphatic carbocycles. The van der Waals surface area contributed by atoms with Crippen molar-refractivity contribution in [1.29, 1.82) is 0 Å². The van der Waals surface area contributed by atoms with Crippen molar-refractivity contribution in [1.82, 2.24) is 9.62 Å². The third kappa shape index (κ3) is 4.31. The van der Waals surface area contributed by atoms with E-state index in [-0.39, 0.29) is 10.9 Å². The number of hydrogen-bond donors (Lipinski definition) is 1. The summed E-state index contributed by atoms with van der Waals surface area (Å²) < 4.78 is 27.9. The number of thiophene rings is 1. The van der Waals surface area contributed by atoms with E-state index in [4.69, 9.17) is 23.2 Å². The number of nitrogens with zero attached hydrogens (tertiary/aromatic N) is 1. The van der Waals surface area contributed by atoms with Gasteiger partial charge in [0, 0.05) is 21.5 Å². The van der Waals surface area contributed by atoms with E-state index in [0.29, 0.717) is 16.6 Å². The third-order valence-corrected chi connectivity index (χ3v) is 6.88. The van der Waals surface area contributed by atoms with Crippen LogP contribution in [0, 0.1) is 0 Å². The van der Waals surface area contributed by atoms with Gasteiger partial charge in [-0.2, -0.15) is 0 Å². The van der Waals surface area contributed by atoms with Crippen molar-refractivity contribution in [2.24, 2.45) is 0 Å². The van der Waals surface area contributed by atoms with Crippen LogP contribution in [0.1, 0.15) is 23.8 Å². The summed E-state index contributed by atoms with van der Waals surface area (Å²) >= 11 is 13.5. The van der Waals surface area contributed by atoms with Gasteiger partial charge in [0.05, 0.1) is 10.9 Å². The second-order valence-electron chi connectivity index (χ2n) is 5.73. The maximum absolute atomic E-state index is 12.6. The number of nitrogens with one attached hydrogen (secondary N) is 1. The fraction of sp³-hybridized carbons (Fsp3) is 0.375. The molecular formula is C16H18Cl2N2O2S2. The molecule has 8 heteroatoms. The van der Waals surface area contributed by atoms with Gasteiger partial charge in [-0.25, -0.2) is 13.1 Å². The zero-order valence-electron chi connectivity index (χ0n) is 12.9. The lowest BCUT2D eigenvalue weighted by Crippen LogP contribution is -2.36. The fourth-order valence-electron chi connectivity index (χ4n) is 2.90. The Bertz CT molecular complexity index is 768. The van der Waals surface area contributed by atoms with Crippen LogP contribution in [0.4, 0.5) is 0 Å². The molecule has 3 rings (SSSR count). The Morgan fingerprint density at radius 2 is 1.83 bits per heavy atom. The summed E-state index contributed by atoms with van der Waals surface area (Å²) in [6.07, 6.45) is 2.30. The van der Waals surface area contributed by atoms with Crippen LogP contribution < -0.4 is 4.72 Å². The van der Waals surface area contributed by atoms with E-state index < -0.39 is 10.0 Å². The Morgan fingerprint density at radius 3 is 2.42 bits per heavy atom. The number of hydrogen-bond acceptors (Lipinski definition) is 4. The minimum atomic E-state index is -3.66. The molecule has 1 unspecified atom stereocenters. The molecule has 0 spiro atoms. The van der Waals surface area contributed by atoms with Crippen molar-refractivity contribution < 1.29 is 8.42 Å². The van der Waals surface area contributed by atoms with Gasteiger partial charge in [-0.1, -0.05) is 29.3 Å². The van der Waals surface area contributed by atoms with Crippen molar-refractivity contribution in [3.63, 3.8) is 0 Å². The van der Waals surface area contributed by atoms with Gasteiger partial charge in [-0.15, -0.1) is 11.3 Å². The smallest absolute Gasteiger partial charge is 0.240 e. The van der Waals surface area contributed by atoms with Crippen LogP contribution >= 0.6 is 34.5 Å². The maximum Gasteiger partial charge on any atom is 0.240 e. The molecule has 0 amide bonds. The highest BCUT2D eigenvalue weighted by Gasteiger charge is 2.26. The summed E-state index contributed by atoms with van der Waals surface area (Å²) in [5, 5.41) is 2.62. The molecule has 130 valence electrons. The molecule has 4 nitrogen and oxygen atoms in total. The van der Waals surface area contributed by atoms with E-state index in [9.17, 15) is 8.42 Å². The van der Waals surface area contributed by atoms with Crippen LogP contribution in [0.3, 0.4) is 0 Å². The normalized spacial score (nSPS) is 17.2. The Hall–Kier alpha value is -0.630. The number of rotatable bonds is 6. The number of likely N-dealkylation sites (tertiary alicyclic amines) is 1. The summed E-state index contributed by atoms with van der Waals surface area (Å²) in [6, 6.07) is 8.43. The van der Waals surface area contributed by atoms with Crippen molar-refractivity contribution >= 4 is 44.6 Å². The lowest BCUT2D eigenvalue weighted by Gasteiger charge is -2.26. The first-order valence-electron chi connectivity index (χ1n) is 7.69. The van der Waals surface area contributed by atoms with Gasteiger partial charge < -0.3 is 0 Å². The summed E-state index contributed by atoms with van der Waals surface area (Å²) in [7, 11) is -3.66. The van der Waals surface area contributed by atoms with Crippen molar-refractivity contribution in [2.45, 2.75) is 23.8 Å². The van der Waals surface area contributed by atoms with E-state index in [0.717, 1.165) is 25.9 Å². The molecule has 2 aromatic rings. The van der Waals surface area contributed by atoms with Crippen LogP contribution in [-0.4, -0.2) is 33.0 Å². The van der Waals surface area contributed by atoms with E-state index in [1.165, 1.54) is 23.1 Å². The minimum Gasteiger partial charge on any atom is -0.294 e. The van der Waals surface area contributed by atoms with E-state index in [1.54, 1.807) is 11.3 Å². The number of sulfonamides is 1. The zero-order valence-corrected chi connectivity index (χ0v) is 16.1. The van der Waals surface area contributed by atoms with Gasteiger partial charge in [0.15, 0.2) is 0 Å². The molecule has 2 heterocycles. The van der Waals surface area contributed by atoms with Gasteiger partial charge in [-0.05, 0) is 55.6 Å². The Kier molecular flexibility index (Phi) is 5.85. The van der Waals surface area contributed by atoms with Crippen molar-refractivity contribution in [2.75, 3.05) is 19.6 Å². The van der Waals surface area contributed by atoms with E-state index in [1.807, 2.05) is 11.4 Å². The molecule has 0 radical (unpaired) electrons. The predicted octanol–water partition coefficient (Wildman–Crippen LogP) is 4.17. The minimum absolute atomic E-state index is 0.0527. The number of benzene rings is 1. The van der Waals surface area contributed by atoms with Crippen LogP contribution in [0.15, 0.2) is 40.6 Å².